The van der Waals surface area contributed by atoms with Crippen LogP contribution < -0.4 is 14.9 Å². The number of ether oxygens (including phenoxy) is 2. The number of carbonyl (C=O) groups excluding carboxylic acids is 1. The fraction of sp³-hybridized carbons (Fsp3) is 0.200. The molecular weight excluding hydrogens is 550 g/mol. The highest BCUT2D eigenvalue weighted by Crippen LogP contribution is 2.42. The number of benzene rings is 4. The van der Waals surface area contributed by atoms with E-state index in [9.17, 15) is 9.59 Å². The van der Waals surface area contributed by atoms with E-state index in [1.807, 2.05) is 93.6 Å². The standard InChI is InChI=1S/C35H30ClNO5/c1-4-40-28-18-24(14-15-27(28)41-20-23-10-6-5-7-11-23)32-31-33(38)30-22(3)16-21(2)17-29(30)42-34(31)35(39)37(32)19-25-12-8-9-13-26(25)36/h5-18,32H,4,19-20H2,1-3H3. The summed E-state index contributed by atoms with van der Waals surface area (Å²) in [6, 6.07) is 25.8. The predicted molar refractivity (Wildman–Crippen MR) is 164 cm³/mol. The molecule has 212 valence electrons. The lowest BCUT2D eigenvalue weighted by molar-refractivity contribution is 0.0714. The summed E-state index contributed by atoms with van der Waals surface area (Å²) in [5.74, 6) is 0.789. The molecule has 0 aliphatic carbocycles. The predicted octanol–water partition coefficient (Wildman–Crippen LogP) is 7.79. The summed E-state index contributed by atoms with van der Waals surface area (Å²) in [7, 11) is 0. The van der Waals surface area contributed by atoms with Crippen molar-refractivity contribution in [3.05, 3.63) is 139 Å². The summed E-state index contributed by atoms with van der Waals surface area (Å²) < 4.78 is 18.3. The van der Waals surface area contributed by atoms with E-state index in [0.29, 0.717) is 51.8 Å². The first kappa shape index (κ1) is 27.6. The Morgan fingerprint density at radius 2 is 1.64 bits per heavy atom. The van der Waals surface area contributed by atoms with Gasteiger partial charge < -0.3 is 18.8 Å². The molecule has 1 aliphatic rings. The monoisotopic (exact) mass is 579 g/mol. The molecule has 1 atom stereocenters. The van der Waals surface area contributed by atoms with Gasteiger partial charge in [-0.25, -0.2) is 0 Å². The minimum Gasteiger partial charge on any atom is -0.490 e. The van der Waals surface area contributed by atoms with Crippen LogP contribution in [-0.4, -0.2) is 17.4 Å². The first-order chi connectivity index (χ1) is 20.4. The average Bonchev–Trinajstić information content (AvgIpc) is 3.25. The lowest BCUT2D eigenvalue weighted by atomic mass is 9.96. The summed E-state index contributed by atoms with van der Waals surface area (Å²) in [5, 5.41) is 1.01. The molecule has 0 saturated heterocycles. The van der Waals surface area contributed by atoms with Gasteiger partial charge >= 0.3 is 0 Å². The number of fused-ring (bicyclic) bond motifs is 2. The molecule has 1 aromatic heterocycles. The number of halogens is 1. The Labute approximate surface area is 249 Å². The van der Waals surface area contributed by atoms with Gasteiger partial charge in [0.25, 0.3) is 5.91 Å². The van der Waals surface area contributed by atoms with Crippen molar-refractivity contribution >= 4 is 28.5 Å². The number of hydrogen-bond donors (Lipinski definition) is 0. The molecule has 2 heterocycles. The lowest BCUT2D eigenvalue weighted by Gasteiger charge is -2.26. The largest absolute Gasteiger partial charge is 0.490 e. The molecule has 0 spiro atoms. The zero-order valence-electron chi connectivity index (χ0n) is 23.6. The van der Waals surface area contributed by atoms with Crippen LogP contribution in [0.1, 0.15) is 56.9 Å². The molecule has 5 aromatic rings. The van der Waals surface area contributed by atoms with Crippen LogP contribution >= 0.6 is 11.6 Å². The van der Waals surface area contributed by atoms with Gasteiger partial charge in [-0.2, -0.15) is 0 Å². The van der Waals surface area contributed by atoms with Crippen molar-refractivity contribution in [2.75, 3.05) is 6.61 Å². The van der Waals surface area contributed by atoms with E-state index in [2.05, 4.69) is 0 Å². The number of nitrogens with zero attached hydrogens (tertiary/aromatic N) is 1. The summed E-state index contributed by atoms with van der Waals surface area (Å²) in [6.07, 6.45) is 0. The van der Waals surface area contributed by atoms with Gasteiger partial charge in [-0.05, 0) is 72.9 Å². The van der Waals surface area contributed by atoms with Crippen LogP contribution in [-0.2, 0) is 13.2 Å². The highest BCUT2D eigenvalue weighted by Gasteiger charge is 2.43. The Kier molecular flexibility index (Phi) is 7.48. The maximum absolute atomic E-state index is 14.2. The molecule has 1 amide bonds. The third-order valence-electron chi connectivity index (χ3n) is 7.53. The second-order valence-electron chi connectivity index (χ2n) is 10.5. The van der Waals surface area contributed by atoms with Gasteiger partial charge in [-0.1, -0.05) is 72.3 Å². The maximum Gasteiger partial charge on any atom is 0.291 e. The number of rotatable bonds is 8. The van der Waals surface area contributed by atoms with E-state index < -0.39 is 6.04 Å². The second-order valence-corrected chi connectivity index (χ2v) is 10.9. The smallest absolute Gasteiger partial charge is 0.291 e. The Morgan fingerprint density at radius 3 is 2.40 bits per heavy atom. The van der Waals surface area contributed by atoms with Crippen LogP contribution in [0.25, 0.3) is 11.0 Å². The van der Waals surface area contributed by atoms with Crippen molar-refractivity contribution in [3.8, 4) is 11.5 Å². The number of carbonyl (C=O) groups is 1. The highest BCUT2D eigenvalue weighted by atomic mass is 35.5. The van der Waals surface area contributed by atoms with Gasteiger partial charge in [-0.15, -0.1) is 0 Å². The Bertz CT molecular complexity index is 1860. The molecule has 0 radical (unpaired) electrons. The van der Waals surface area contributed by atoms with Gasteiger partial charge in [0.1, 0.15) is 12.2 Å². The Hall–Kier alpha value is -4.55. The third kappa shape index (κ3) is 5.03. The maximum atomic E-state index is 14.2. The molecule has 0 N–H and O–H groups in total. The molecule has 0 bridgehead atoms. The van der Waals surface area contributed by atoms with Crippen molar-refractivity contribution in [1.29, 1.82) is 0 Å². The molecule has 0 fully saturated rings. The van der Waals surface area contributed by atoms with Gasteiger partial charge in [-0.3, -0.25) is 9.59 Å². The van der Waals surface area contributed by atoms with E-state index in [1.165, 1.54) is 0 Å². The van der Waals surface area contributed by atoms with Crippen molar-refractivity contribution < 1.29 is 18.7 Å². The molecule has 7 heteroatoms. The quantitative estimate of drug-likeness (QED) is 0.188. The number of hydrogen-bond acceptors (Lipinski definition) is 5. The zero-order chi connectivity index (χ0) is 29.4. The first-order valence-corrected chi connectivity index (χ1v) is 14.3. The van der Waals surface area contributed by atoms with E-state index in [1.54, 1.807) is 17.0 Å². The fourth-order valence-electron chi connectivity index (χ4n) is 5.65. The van der Waals surface area contributed by atoms with Crippen LogP contribution in [0.2, 0.25) is 5.02 Å². The normalized spacial score (nSPS) is 14.3. The van der Waals surface area contributed by atoms with Crippen molar-refractivity contribution in [2.24, 2.45) is 0 Å². The molecular formula is C35H30ClNO5. The molecule has 42 heavy (non-hydrogen) atoms. The van der Waals surface area contributed by atoms with Crippen LogP contribution in [0.3, 0.4) is 0 Å². The van der Waals surface area contributed by atoms with Crippen molar-refractivity contribution in [3.63, 3.8) is 0 Å². The molecule has 6 nitrogen and oxygen atoms in total. The van der Waals surface area contributed by atoms with E-state index in [4.69, 9.17) is 25.5 Å². The van der Waals surface area contributed by atoms with Crippen molar-refractivity contribution in [2.45, 2.75) is 40.0 Å². The zero-order valence-corrected chi connectivity index (χ0v) is 24.4. The molecule has 1 unspecified atom stereocenters. The molecule has 4 aromatic carbocycles. The van der Waals surface area contributed by atoms with Crippen LogP contribution in [0.15, 0.2) is 94.1 Å². The Balaban J connectivity index is 1.49. The van der Waals surface area contributed by atoms with E-state index in [0.717, 1.165) is 22.3 Å². The van der Waals surface area contributed by atoms with Gasteiger partial charge in [0, 0.05) is 11.6 Å². The number of aryl methyl sites for hydroxylation is 2. The first-order valence-electron chi connectivity index (χ1n) is 13.9. The van der Waals surface area contributed by atoms with Crippen LogP contribution in [0, 0.1) is 13.8 Å². The van der Waals surface area contributed by atoms with E-state index >= 15 is 0 Å². The van der Waals surface area contributed by atoms with Gasteiger partial charge in [0.15, 0.2) is 16.9 Å². The molecule has 6 rings (SSSR count). The topological polar surface area (TPSA) is 69.0 Å². The van der Waals surface area contributed by atoms with Gasteiger partial charge in [0.05, 0.1) is 23.6 Å². The summed E-state index contributed by atoms with van der Waals surface area (Å²) >= 11 is 6.52. The van der Waals surface area contributed by atoms with Gasteiger partial charge in [0.2, 0.25) is 5.76 Å². The lowest BCUT2D eigenvalue weighted by Crippen LogP contribution is -2.29. The molecule has 1 aliphatic heterocycles. The SMILES string of the molecule is CCOc1cc(C2c3c(oc4cc(C)cc(C)c4c3=O)C(=O)N2Cc2ccccc2Cl)ccc1OCc1ccccc1. The summed E-state index contributed by atoms with van der Waals surface area (Å²) in [5.41, 5.74) is 4.76. The minimum atomic E-state index is -0.715. The van der Waals surface area contributed by atoms with E-state index in [-0.39, 0.29) is 23.6 Å². The molecule has 0 saturated carbocycles. The summed E-state index contributed by atoms with van der Waals surface area (Å²) in [4.78, 5) is 29.8. The van der Waals surface area contributed by atoms with Crippen LogP contribution in [0.5, 0.6) is 11.5 Å². The second kappa shape index (κ2) is 11.4. The third-order valence-corrected chi connectivity index (χ3v) is 7.90. The average molecular weight is 580 g/mol. The minimum absolute atomic E-state index is 0.0527. The highest BCUT2D eigenvalue weighted by molar-refractivity contribution is 6.31. The van der Waals surface area contributed by atoms with Crippen LogP contribution in [0.4, 0.5) is 0 Å². The summed E-state index contributed by atoms with van der Waals surface area (Å²) in [6.45, 7) is 6.70. The number of amides is 1. The Morgan fingerprint density at radius 1 is 0.881 bits per heavy atom. The van der Waals surface area contributed by atoms with Crippen molar-refractivity contribution in [1.82, 2.24) is 4.90 Å². The fourth-order valence-corrected chi connectivity index (χ4v) is 5.85.